The lowest BCUT2D eigenvalue weighted by molar-refractivity contribution is -0.132. The zero-order chi connectivity index (χ0) is 16.5. The Labute approximate surface area is 135 Å². The first-order chi connectivity index (χ1) is 10.4. The zero-order valence-corrected chi connectivity index (χ0v) is 14.4. The highest BCUT2D eigenvalue weighted by Crippen LogP contribution is 2.23. The Morgan fingerprint density at radius 2 is 1.91 bits per heavy atom. The molecule has 1 N–H and O–H groups in total. The number of aliphatic carboxylic acids is 1. The van der Waals surface area contributed by atoms with Crippen molar-refractivity contribution in [3.8, 4) is 0 Å². The van der Waals surface area contributed by atoms with Crippen molar-refractivity contribution in [1.29, 1.82) is 0 Å². The molecule has 0 saturated heterocycles. The predicted octanol–water partition coefficient (Wildman–Crippen LogP) is 5.68. The number of rotatable bonds is 2. The SMILES string of the molecule is CC1=CCC=C(C)CCC=C(C(=O)O)CC[C@@H](C(C)C)/C=C/1. The first kappa shape index (κ1) is 18.5. The van der Waals surface area contributed by atoms with Crippen LogP contribution in [0.2, 0.25) is 0 Å². The third-order valence-corrected chi connectivity index (χ3v) is 4.32. The van der Waals surface area contributed by atoms with E-state index in [0.717, 1.165) is 25.7 Å². The summed E-state index contributed by atoms with van der Waals surface area (Å²) in [6.07, 6.45) is 15.1. The summed E-state index contributed by atoms with van der Waals surface area (Å²) in [6, 6.07) is 0. The fourth-order valence-corrected chi connectivity index (χ4v) is 2.64. The highest BCUT2D eigenvalue weighted by Gasteiger charge is 2.14. The maximum absolute atomic E-state index is 11.4. The third-order valence-electron chi connectivity index (χ3n) is 4.32. The van der Waals surface area contributed by atoms with Crippen LogP contribution in [0.3, 0.4) is 0 Å². The highest BCUT2D eigenvalue weighted by molar-refractivity contribution is 5.86. The Morgan fingerprint density at radius 1 is 1.18 bits per heavy atom. The molecule has 0 saturated carbocycles. The second kappa shape index (κ2) is 9.45. The minimum absolute atomic E-state index is 0.423. The molecule has 0 heterocycles. The summed E-state index contributed by atoms with van der Waals surface area (Å²) in [4.78, 5) is 11.4. The molecule has 0 amide bonds. The Hall–Kier alpha value is -1.57. The molecule has 0 fully saturated rings. The van der Waals surface area contributed by atoms with Crippen molar-refractivity contribution >= 4 is 5.97 Å². The van der Waals surface area contributed by atoms with Gasteiger partial charge in [0.15, 0.2) is 0 Å². The van der Waals surface area contributed by atoms with Gasteiger partial charge in [0.25, 0.3) is 0 Å². The van der Waals surface area contributed by atoms with Crippen molar-refractivity contribution in [2.45, 2.75) is 59.8 Å². The quantitative estimate of drug-likeness (QED) is 0.666. The standard InChI is InChI=1S/C20H30O2/c1-15(2)18-12-11-17(4)8-5-7-16(3)9-6-10-19(14-13-18)20(21)22/h7-8,10-12,15,18H,5-6,9,13-14H2,1-4H3,(H,21,22)/b12-11+,16-7?,17-8?,19-10?/t18-/m0/s1. The molecule has 0 radical (unpaired) electrons. The molecule has 0 aromatic rings. The van der Waals surface area contributed by atoms with E-state index in [-0.39, 0.29) is 0 Å². The van der Waals surface area contributed by atoms with Gasteiger partial charge in [-0.25, -0.2) is 4.79 Å². The number of carbonyl (C=O) groups is 1. The minimum atomic E-state index is -0.767. The van der Waals surface area contributed by atoms with Crippen LogP contribution in [0.5, 0.6) is 0 Å². The van der Waals surface area contributed by atoms with Gasteiger partial charge < -0.3 is 5.11 Å². The summed E-state index contributed by atoms with van der Waals surface area (Å²) in [5.41, 5.74) is 3.17. The Bertz CT molecular complexity index is 490. The Kier molecular flexibility index (Phi) is 7.94. The maximum atomic E-state index is 11.4. The van der Waals surface area contributed by atoms with Crippen LogP contribution in [0.4, 0.5) is 0 Å². The molecule has 0 aromatic heterocycles. The molecule has 2 heteroatoms. The van der Waals surface area contributed by atoms with Crippen molar-refractivity contribution < 1.29 is 9.90 Å². The fourth-order valence-electron chi connectivity index (χ4n) is 2.64. The second-order valence-electron chi connectivity index (χ2n) is 6.61. The highest BCUT2D eigenvalue weighted by atomic mass is 16.4. The van der Waals surface area contributed by atoms with E-state index in [4.69, 9.17) is 0 Å². The molecule has 22 heavy (non-hydrogen) atoms. The lowest BCUT2D eigenvalue weighted by Crippen LogP contribution is -2.09. The van der Waals surface area contributed by atoms with Crippen LogP contribution in [-0.2, 0) is 4.79 Å². The van der Waals surface area contributed by atoms with Crippen LogP contribution in [-0.4, -0.2) is 11.1 Å². The molecule has 1 aliphatic carbocycles. The number of carboxylic acids is 1. The van der Waals surface area contributed by atoms with Crippen LogP contribution in [0.1, 0.15) is 59.8 Å². The number of hydrogen-bond acceptors (Lipinski definition) is 1. The molecule has 0 spiro atoms. The molecule has 0 aromatic carbocycles. The largest absolute Gasteiger partial charge is 0.478 e. The summed E-state index contributed by atoms with van der Waals surface area (Å²) < 4.78 is 0. The van der Waals surface area contributed by atoms with Gasteiger partial charge in [-0.1, -0.05) is 55.4 Å². The van der Waals surface area contributed by atoms with Gasteiger partial charge in [0.05, 0.1) is 0 Å². The molecule has 0 unspecified atom stereocenters. The fraction of sp³-hybridized carbons (Fsp3) is 0.550. The number of carboxylic acid groups (broad SMARTS) is 1. The van der Waals surface area contributed by atoms with Crippen LogP contribution in [0.15, 0.2) is 47.1 Å². The lowest BCUT2D eigenvalue weighted by Gasteiger charge is -2.17. The molecule has 0 bridgehead atoms. The topological polar surface area (TPSA) is 37.3 Å². The Balaban J connectivity index is 2.98. The van der Waals surface area contributed by atoms with E-state index in [1.54, 1.807) is 0 Å². The summed E-state index contributed by atoms with van der Waals surface area (Å²) in [6.45, 7) is 8.65. The normalized spacial score (nSPS) is 23.1. The van der Waals surface area contributed by atoms with Crippen LogP contribution >= 0.6 is 0 Å². The minimum Gasteiger partial charge on any atom is -0.478 e. The third kappa shape index (κ3) is 6.93. The van der Waals surface area contributed by atoms with Gasteiger partial charge in [0, 0.05) is 5.57 Å². The van der Waals surface area contributed by atoms with Crippen molar-refractivity contribution in [2.75, 3.05) is 0 Å². The van der Waals surface area contributed by atoms with Gasteiger partial charge in [-0.05, 0) is 57.8 Å². The average Bonchev–Trinajstić information content (AvgIpc) is 2.43. The molecule has 2 nitrogen and oxygen atoms in total. The van der Waals surface area contributed by atoms with E-state index in [2.05, 4.69) is 52.0 Å². The van der Waals surface area contributed by atoms with Crippen LogP contribution < -0.4 is 0 Å². The summed E-state index contributed by atoms with van der Waals surface area (Å²) in [5.74, 6) is 0.178. The van der Waals surface area contributed by atoms with E-state index >= 15 is 0 Å². The maximum Gasteiger partial charge on any atom is 0.331 e. The monoisotopic (exact) mass is 302 g/mol. The smallest absolute Gasteiger partial charge is 0.331 e. The Morgan fingerprint density at radius 3 is 2.55 bits per heavy atom. The van der Waals surface area contributed by atoms with E-state index in [9.17, 15) is 9.90 Å². The van der Waals surface area contributed by atoms with E-state index in [1.807, 2.05) is 6.08 Å². The lowest BCUT2D eigenvalue weighted by atomic mass is 9.88. The first-order valence-electron chi connectivity index (χ1n) is 8.33. The van der Waals surface area contributed by atoms with Crippen molar-refractivity contribution in [2.24, 2.45) is 11.8 Å². The predicted molar refractivity (Wildman–Crippen MR) is 93.8 cm³/mol. The molecule has 0 aliphatic heterocycles. The van der Waals surface area contributed by atoms with Gasteiger partial charge in [0.1, 0.15) is 0 Å². The van der Waals surface area contributed by atoms with Crippen molar-refractivity contribution in [3.05, 3.63) is 47.1 Å². The average molecular weight is 302 g/mol. The van der Waals surface area contributed by atoms with Crippen molar-refractivity contribution in [1.82, 2.24) is 0 Å². The van der Waals surface area contributed by atoms with Gasteiger partial charge in [-0.15, -0.1) is 0 Å². The first-order valence-corrected chi connectivity index (χ1v) is 8.33. The zero-order valence-electron chi connectivity index (χ0n) is 14.4. The van der Waals surface area contributed by atoms with Crippen LogP contribution in [0.25, 0.3) is 0 Å². The second-order valence-corrected chi connectivity index (χ2v) is 6.61. The van der Waals surface area contributed by atoms with E-state index < -0.39 is 5.97 Å². The van der Waals surface area contributed by atoms with Gasteiger partial charge in [0.2, 0.25) is 0 Å². The number of hydrogen-bond donors (Lipinski definition) is 1. The van der Waals surface area contributed by atoms with E-state index in [1.165, 1.54) is 11.1 Å². The van der Waals surface area contributed by atoms with Crippen molar-refractivity contribution in [3.63, 3.8) is 0 Å². The summed E-state index contributed by atoms with van der Waals surface area (Å²) >= 11 is 0. The molecule has 1 atom stereocenters. The van der Waals surface area contributed by atoms with Crippen LogP contribution in [0, 0.1) is 11.8 Å². The molecule has 1 rings (SSSR count). The summed E-state index contributed by atoms with van der Waals surface area (Å²) in [5, 5.41) is 9.37. The molecular formula is C20H30O2. The summed E-state index contributed by atoms with van der Waals surface area (Å²) in [7, 11) is 0. The molecule has 122 valence electrons. The van der Waals surface area contributed by atoms with E-state index in [0.29, 0.717) is 23.8 Å². The number of allylic oxidation sites excluding steroid dienone is 7. The van der Waals surface area contributed by atoms with Gasteiger partial charge >= 0.3 is 5.97 Å². The van der Waals surface area contributed by atoms with Gasteiger partial charge in [-0.3, -0.25) is 0 Å². The molecule has 1 aliphatic rings. The van der Waals surface area contributed by atoms with Gasteiger partial charge in [-0.2, -0.15) is 0 Å². The molecular weight excluding hydrogens is 272 g/mol.